The number of carbonyl (C=O) groups is 1. The summed E-state index contributed by atoms with van der Waals surface area (Å²) in [6.45, 7) is 1.53. The molecule has 0 aliphatic carbocycles. The summed E-state index contributed by atoms with van der Waals surface area (Å²) in [5.41, 5.74) is -0.930. The first kappa shape index (κ1) is 17.5. The van der Waals surface area contributed by atoms with Crippen LogP contribution in [0, 0.1) is 0 Å². The first-order valence-corrected chi connectivity index (χ1v) is 8.14. The van der Waals surface area contributed by atoms with E-state index in [1.54, 1.807) is 6.92 Å². The molecule has 128 valence electrons. The van der Waals surface area contributed by atoms with E-state index in [1.807, 2.05) is 0 Å². The van der Waals surface area contributed by atoms with Crippen molar-refractivity contribution in [2.24, 2.45) is 0 Å². The van der Waals surface area contributed by atoms with Crippen LogP contribution in [0.3, 0.4) is 0 Å². The van der Waals surface area contributed by atoms with Gasteiger partial charge in [0, 0.05) is 25.7 Å². The van der Waals surface area contributed by atoms with Crippen LogP contribution in [-0.2, 0) is 16.2 Å². The Kier molecular flexibility index (Phi) is 4.58. The largest absolute Gasteiger partial charge is 0.465 e. The number of piperazine rings is 1. The standard InChI is InChI=1S/C13H15F3N2O4S/c1-9-8-17(12(19)20)6-7-18(9)23(21,22)11-4-2-10(3-5-11)13(14,15)16/h2-5,9H,6-8H2,1H3,(H,19,20)/t9-/m0/s1. The minimum absolute atomic E-state index is 0.00913. The van der Waals surface area contributed by atoms with Crippen molar-refractivity contribution in [2.45, 2.75) is 24.0 Å². The van der Waals surface area contributed by atoms with Gasteiger partial charge in [-0.3, -0.25) is 0 Å². The molecule has 0 radical (unpaired) electrons. The summed E-state index contributed by atoms with van der Waals surface area (Å²) in [5, 5.41) is 8.92. The van der Waals surface area contributed by atoms with Gasteiger partial charge in [0.1, 0.15) is 0 Å². The SMILES string of the molecule is C[C@H]1CN(C(=O)O)CCN1S(=O)(=O)c1ccc(C(F)(F)F)cc1. The summed E-state index contributed by atoms with van der Waals surface area (Å²) in [4.78, 5) is 11.8. The lowest BCUT2D eigenvalue weighted by Crippen LogP contribution is -2.55. The van der Waals surface area contributed by atoms with Crippen molar-refractivity contribution in [3.8, 4) is 0 Å². The smallest absolute Gasteiger partial charge is 0.416 e. The van der Waals surface area contributed by atoms with Crippen LogP contribution in [0.1, 0.15) is 12.5 Å². The highest BCUT2D eigenvalue weighted by molar-refractivity contribution is 7.89. The van der Waals surface area contributed by atoms with Crippen molar-refractivity contribution >= 4 is 16.1 Å². The molecule has 1 aliphatic heterocycles. The molecule has 0 unspecified atom stereocenters. The van der Waals surface area contributed by atoms with Gasteiger partial charge in [-0.2, -0.15) is 17.5 Å². The van der Waals surface area contributed by atoms with Crippen LogP contribution in [0.4, 0.5) is 18.0 Å². The molecule has 1 atom stereocenters. The van der Waals surface area contributed by atoms with Gasteiger partial charge in [0.25, 0.3) is 0 Å². The Hall–Kier alpha value is -1.81. The van der Waals surface area contributed by atoms with Gasteiger partial charge >= 0.3 is 12.3 Å². The Morgan fingerprint density at radius 3 is 2.22 bits per heavy atom. The number of rotatable bonds is 2. The number of hydrogen-bond donors (Lipinski definition) is 1. The summed E-state index contributed by atoms with van der Waals surface area (Å²) in [7, 11) is -3.98. The molecule has 1 amide bonds. The highest BCUT2D eigenvalue weighted by Crippen LogP contribution is 2.30. The van der Waals surface area contributed by atoms with E-state index in [0.717, 1.165) is 21.3 Å². The maximum absolute atomic E-state index is 12.5. The van der Waals surface area contributed by atoms with Gasteiger partial charge in [-0.1, -0.05) is 0 Å². The predicted octanol–water partition coefficient (Wildman–Crippen LogP) is 2.08. The zero-order valence-corrected chi connectivity index (χ0v) is 12.9. The van der Waals surface area contributed by atoms with E-state index in [-0.39, 0.29) is 24.5 Å². The van der Waals surface area contributed by atoms with Gasteiger partial charge < -0.3 is 10.0 Å². The molecule has 10 heteroatoms. The van der Waals surface area contributed by atoms with E-state index in [1.165, 1.54) is 0 Å². The summed E-state index contributed by atoms with van der Waals surface area (Å²) in [6.07, 6.45) is -5.67. The Morgan fingerprint density at radius 1 is 1.22 bits per heavy atom. The molecule has 1 saturated heterocycles. The topological polar surface area (TPSA) is 77.9 Å². The molecule has 1 aliphatic rings. The highest BCUT2D eigenvalue weighted by Gasteiger charge is 2.36. The number of benzene rings is 1. The van der Waals surface area contributed by atoms with Crippen molar-refractivity contribution in [2.75, 3.05) is 19.6 Å². The molecule has 1 N–H and O–H groups in total. The van der Waals surface area contributed by atoms with Crippen LogP contribution in [0.25, 0.3) is 0 Å². The fourth-order valence-electron chi connectivity index (χ4n) is 2.42. The number of sulfonamides is 1. The van der Waals surface area contributed by atoms with Crippen molar-refractivity contribution in [3.63, 3.8) is 0 Å². The number of amides is 1. The van der Waals surface area contributed by atoms with Crippen LogP contribution >= 0.6 is 0 Å². The molecule has 0 saturated carbocycles. The average Bonchev–Trinajstić information content (AvgIpc) is 2.46. The summed E-state index contributed by atoms with van der Waals surface area (Å²) in [5.74, 6) is 0. The van der Waals surface area contributed by atoms with Gasteiger partial charge in [-0.05, 0) is 31.2 Å². The quantitative estimate of drug-likeness (QED) is 0.884. The third-order valence-electron chi connectivity index (χ3n) is 3.63. The van der Waals surface area contributed by atoms with Crippen molar-refractivity contribution in [3.05, 3.63) is 29.8 Å². The molecular formula is C13H15F3N2O4S. The third-order valence-corrected chi connectivity index (χ3v) is 5.65. The third kappa shape index (κ3) is 3.58. The predicted molar refractivity (Wildman–Crippen MR) is 74.4 cm³/mol. The molecule has 6 nitrogen and oxygen atoms in total. The number of alkyl halides is 3. The van der Waals surface area contributed by atoms with Crippen LogP contribution < -0.4 is 0 Å². The van der Waals surface area contributed by atoms with E-state index >= 15 is 0 Å². The first-order chi connectivity index (χ1) is 10.5. The van der Waals surface area contributed by atoms with Crippen molar-refractivity contribution in [1.82, 2.24) is 9.21 Å². The minimum Gasteiger partial charge on any atom is -0.465 e. The van der Waals surface area contributed by atoms with Gasteiger partial charge in [0.05, 0.1) is 10.5 Å². The van der Waals surface area contributed by atoms with Crippen LogP contribution in [0.2, 0.25) is 0 Å². The van der Waals surface area contributed by atoms with Crippen LogP contribution in [0.15, 0.2) is 29.2 Å². The summed E-state index contributed by atoms with van der Waals surface area (Å²) < 4.78 is 63.7. The van der Waals surface area contributed by atoms with E-state index < -0.39 is 33.9 Å². The second-order valence-electron chi connectivity index (χ2n) is 5.22. The van der Waals surface area contributed by atoms with Crippen molar-refractivity contribution < 1.29 is 31.5 Å². The van der Waals surface area contributed by atoms with Crippen LogP contribution in [0.5, 0.6) is 0 Å². The minimum atomic E-state index is -4.54. The van der Waals surface area contributed by atoms with Gasteiger partial charge in [-0.25, -0.2) is 13.2 Å². The zero-order valence-electron chi connectivity index (χ0n) is 12.1. The van der Waals surface area contributed by atoms with E-state index in [0.29, 0.717) is 12.1 Å². The van der Waals surface area contributed by atoms with Crippen LogP contribution in [-0.4, -0.2) is 54.5 Å². The highest BCUT2D eigenvalue weighted by atomic mass is 32.2. The molecule has 0 aromatic heterocycles. The zero-order chi connectivity index (χ0) is 17.4. The molecule has 2 rings (SSSR count). The Balaban J connectivity index is 2.23. The second kappa shape index (κ2) is 6.00. The molecular weight excluding hydrogens is 337 g/mol. The van der Waals surface area contributed by atoms with Gasteiger partial charge in [0.2, 0.25) is 10.0 Å². The molecule has 1 fully saturated rings. The molecule has 0 bridgehead atoms. The Morgan fingerprint density at radius 2 is 1.78 bits per heavy atom. The number of nitrogens with zero attached hydrogens (tertiary/aromatic N) is 2. The molecule has 1 aromatic carbocycles. The second-order valence-corrected chi connectivity index (χ2v) is 7.11. The van der Waals surface area contributed by atoms with Gasteiger partial charge in [0.15, 0.2) is 0 Å². The summed E-state index contributed by atoms with van der Waals surface area (Å²) in [6, 6.07) is 2.64. The Labute approximate surface area is 131 Å². The lowest BCUT2D eigenvalue weighted by atomic mass is 10.2. The fraction of sp³-hybridized carbons (Fsp3) is 0.462. The maximum atomic E-state index is 12.5. The number of hydrogen-bond acceptors (Lipinski definition) is 3. The monoisotopic (exact) mass is 352 g/mol. The summed E-state index contributed by atoms with van der Waals surface area (Å²) >= 11 is 0. The lowest BCUT2D eigenvalue weighted by Gasteiger charge is -2.37. The first-order valence-electron chi connectivity index (χ1n) is 6.70. The Bertz CT molecular complexity index is 688. The maximum Gasteiger partial charge on any atom is 0.416 e. The molecule has 1 heterocycles. The van der Waals surface area contributed by atoms with Crippen molar-refractivity contribution in [1.29, 1.82) is 0 Å². The normalized spacial score (nSPS) is 20.5. The average molecular weight is 352 g/mol. The molecule has 1 aromatic rings. The number of carboxylic acid groups (broad SMARTS) is 1. The molecule has 23 heavy (non-hydrogen) atoms. The fourth-order valence-corrected chi connectivity index (χ4v) is 4.04. The van der Waals surface area contributed by atoms with E-state index in [9.17, 15) is 26.4 Å². The van der Waals surface area contributed by atoms with E-state index in [2.05, 4.69) is 0 Å². The van der Waals surface area contributed by atoms with Gasteiger partial charge in [-0.15, -0.1) is 0 Å². The number of halogens is 3. The lowest BCUT2D eigenvalue weighted by molar-refractivity contribution is -0.137. The molecule has 0 spiro atoms. The van der Waals surface area contributed by atoms with E-state index in [4.69, 9.17) is 5.11 Å².